The molecule has 2 atom stereocenters. The van der Waals surface area contributed by atoms with Crippen molar-refractivity contribution in [3.05, 3.63) is 131 Å². The molecule has 0 aromatic heterocycles. The summed E-state index contributed by atoms with van der Waals surface area (Å²) in [6, 6.07) is 30.8. The lowest BCUT2D eigenvalue weighted by atomic mass is 9.95. The lowest BCUT2D eigenvalue weighted by Crippen LogP contribution is -2.31. The highest BCUT2D eigenvalue weighted by molar-refractivity contribution is 6.02. The lowest BCUT2D eigenvalue weighted by Gasteiger charge is -2.21. The molecule has 0 saturated carbocycles. The fourth-order valence-electron chi connectivity index (χ4n) is 4.88. The smallest absolute Gasteiger partial charge is 0.337 e. The third-order valence-corrected chi connectivity index (χ3v) is 7.28. The molecule has 8 nitrogen and oxygen atoms in total. The summed E-state index contributed by atoms with van der Waals surface area (Å²) >= 11 is 0. The Morgan fingerprint density at radius 2 is 0.841 bits per heavy atom. The van der Waals surface area contributed by atoms with Crippen molar-refractivity contribution in [2.75, 3.05) is 24.9 Å². The van der Waals surface area contributed by atoms with Gasteiger partial charge in [0.25, 0.3) is 0 Å². The topological polar surface area (TPSA) is 111 Å². The van der Waals surface area contributed by atoms with Gasteiger partial charge >= 0.3 is 11.9 Å². The van der Waals surface area contributed by atoms with Crippen LogP contribution in [-0.2, 0) is 9.47 Å². The second kappa shape index (κ2) is 15.8. The molecule has 0 aliphatic rings. The van der Waals surface area contributed by atoms with Gasteiger partial charge in [-0.2, -0.15) is 0 Å². The number of benzene rings is 4. The number of methoxy groups -OCH3 is 2. The van der Waals surface area contributed by atoms with Gasteiger partial charge in [0.15, 0.2) is 11.6 Å². The number of carbonyl (C=O) groups is 4. The molecule has 0 unspecified atom stereocenters. The minimum absolute atomic E-state index is 0.0385. The fourth-order valence-corrected chi connectivity index (χ4v) is 4.88. The molecule has 0 radical (unpaired) electrons. The molecule has 0 aliphatic carbocycles. The molecule has 0 aliphatic heterocycles. The van der Waals surface area contributed by atoms with E-state index in [0.29, 0.717) is 59.3 Å². The van der Waals surface area contributed by atoms with Crippen LogP contribution < -0.4 is 10.6 Å². The van der Waals surface area contributed by atoms with E-state index in [1.54, 1.807) is 72.8 Å². The average Bonchev–Trinajstić information content (AvgIpc) is 3.09. The minimum Gasteiger partial charge on any atom is -0.465 e. The van der Waals surface area contributed by atoms with Crippen LogP contribution >= 0.6 is 0 Å². The van der Waals surface area contributed by atoms with E-state index in [1.165, 1.54) is 14.2 Å². The Bertz CT molecular complexity index is 1420. The summed E-state index contributed by atoms with van der Waals surface area (Å²) < 4.78 is 9.56. The highest BCUT2D eigenvalue weighted by Crippen LogP contribution is 2.21. The Hall–Kier alpha value is -5.24. The van der Waals surface area contributed by atoms with Gasteiger partial charge in [-0.1, -0.05) is 73.5 Å². The van der Waals surface area contributed by atoms with Crippen LogP contribution in [0.3, 0.4) is 0 Å². The number of hydrogen-bond donors (Lipinski definition) is 2. The molecule has 226 valence electrons. The molecule has 4 aromatic rings. The van der Waals surface area contributed by atoms with Crippen LogP contribution in [0, 0.1) is 0 Å². The van der Waals surface area contributed by atoms with E-state index in [4.69, 9.17) is 9.47 Å². The Labute approximate surface area is 257 Å². The normalized spacial score (nSPS) is 12.0. The molecular weight excluding hydrogens is 556 g/mol. The van der Waals surface area contributed by atoms with Gasteiger partial charge in [0, 0.05) is 22.5 Å². The zero-order valence-corrected chi connectivity index (χ0v) is 24.8. The first-order valence-corrected chi connectivity index (χ1v) is 14.5. The van der Waals surface area contributed by atoms with Crippen LogP contribution in [-0.4, -0.2) is 49.8 Å². The molecule has 44 heavy (non-hydrogen) atoms. The number of rotatable bonds is 15. The van der Waals surface area contributed by atoms with E-state index in [1.807, 2.05) is 36.4 Å². The largest absolute Gasteiger partial charge is 0.465 e. The maximum absolute atomic E-state index is 13.5. The maximum Gasteiger partial charge on any atom is 0.337 e. The number of esters is 2. The quantitative estimate of drug-likeness (QED) is 0.0876. The molecule has 0 spiro atoms. The molecule has 4 aromatic carbocycles. The monoisotopic (exact) mass is 592 g/mol. The molecule has 0 bridgehead atoms. The zero-order valence-electron chi connectivity index (χ0n) is 24.8. The molecule has 0 heterocycles. The van der Waals surface area contributed by atoms with Crippen LogP contribution in [0.5, 0.6) is 0 Å². The van der Waals surface area contributed by atoms with E-state index in [-0.39, 0.29) is 11.6 Å². The number of ketones is 2. The number of Topliss-reactive ketones (excluding diaryl/α,β-unsaturated/α-hetero) is 2. The van der Waals surface area contributed by atoms with Crippen LogP contribution in [0.4, 0.5) is 11.4 Å². The van der Waals surface area contributed by atoms with E-state index >= 15 is 0 Å². The molecule has 8 heteroatoms. The second-order valence-electron chi connectivity index (χ2n) is 10.3. The van der Waals surface area contributed by atoms with Gasteiger partial charge in [0.1, 0.15) is 0 Å². The summed E-state index contributed by atoms with van der Waals surface area (Å²) in [5.41, 5.74) is 3.47. The Morgan fingerprint density at radius 1 is 0.500 bits per heavy atom. The highest BCUT2D eigenvalue weighted by Gasteiger charge is 2.23. The predicted octanol–water partition coefficient (Wildman–Crippen LogP) is 6.85. The van der Waals surface area contributed by atoms with Crippen molar-refractivity contribution >= 4 is 34.9 Å². The lowest BCUT2D eigenvalue weighted by molar-refractivity contribution is 0.0592. The van der Waals surface area contributed by atoms with Gasteiger partial charge in [-0.3, -0.25) is 9.59 Å². The van der Waals surface area contributed by atoms with Crippen molar-refractivity contribution in [3.8, 4) is 0 Å². The van der Waals surface area contributed by atoms with E-state index in [9.17, 15) is 19.2 Å². The maximum atomic E-state index is 13.5. The molecule has 0 saturated heterocycles. The summed E-state index contributed by atoms with van der Waals surface area (Å²) in [6.45, 7) is 0. The van der Waals surface area contributed by atoms with Crippen molar-refractivity contribution in [2.45, 2.75) is 37.8 Å². The predicted molar refractivity (Wildman–Crippen MR) is 170 cm³/mol. The summed E-state index contributed by atoms with van der Waals surface area (Å²) in [6.07, 6.45) is 2.43. The van der Waals surface area contributed by atoms with Gasteiger partial charge in [0.05, 0.1) is 37.4 Å². The van der Waals surface area contributed by atoms with E-state index in [0.717, 1.165) is 0 Å². The van der Waals surface area contributed by atoms with Crippen molar-refractivity contribution in [1.82, 2.24) is 0 Å². The Morgan fingerprint density at radius 3 is 1.16 bits per heavy atom. The third kappa shape index (κ3) is 8.64. The molecule has 2 N–H and O–H groups in total. The van der Waals surface area contributed by atoms with Gasteiger partial charge < -0.3 is 20.1 Å². The van der Waals surface area contributed by atoms with E-state index < -0.39 is 24.0 Å². The van der Waals surface area contributed by atoms with Crippen molar-refractivity contribution < 1.29 is 28.7 Å². The minimum atomic E-state index is -0.511. The van der Waals surface area contributed by atoms with Gasteiger partial charge in [-0.05, 0) is 61.4 Å². The first kappa shape index (κ1) is 31.7. The van der Waals surface area contributed by atoms with Crippen LogP contribution in [0.1, 0.15) is 67.1 Å². The van der Waals surface area contributed by atoms with E-state index in [2.05, 4.69) is 10.6 Å². The Balaban J connectivity index is 1.45. The van der Waals surface area contributed by atoms with Crippen molar-refractivity contribution in [2.24, 2.45) is 0 Å². The van der Waals surface area contributed by atoms with Gasteiger partial charge in [0.2, 0.25) is 0 Å². The zero-order chi connectivity index (χ0) is 31.3. The molecule has 0 fully saturated rings. The first-order chi connectivity index (χ1) is 21.4. The van der Waals surface area contributed by atoms with Crippen molar-refractivity contribution in [3.63, 3.8) is 0 Å². The summed E-state index contributed by atoms with van der Waals surface area (Å²) in [5, 5.41) is 6.67. The first-order valence-electron chi connectivity index (χ1n) is 14.5. The third-order valence-electron chi connectivity index (χ3n) is 7.28. The Kier molecular flexibility index (Phi) is 11.4. The molecule has 0 amide bonds. The second-order valence-corrected chi connectivity index (χ2v) is 10.3. The molecular formula is C36H36N2O6. The average molecular weight is 593 g/mol. The summed E-state index contributed by atoms with van der Waals surface area (Å²) in [5.74, 6) is -0.936. The number of ether oxygens (including phenoxy) is 2. The van der Waals surface area contributed by atoms with Crippen LogP contribution in [0.25, 0.3) is 0 Å². The van der Waals surface area contributed by atoms with Crippen LogP contribution in [0.2, 0.25) is 0 Å². The fraction of sp³-hybridized carbons (Fsp3) is 0.222. The van der Waals surface area contributed by atoms with Gasteiger partial charge in [-0.25, -0.2) is 9.59 Å². The molecule has 4 rings (SSSR count). The van der Waals surface area contributed by atoms with Gasteiger partial charge in [-0.15, -0.1) is 0 Å². The number of unbranched alkanes of at least 4 members (excludes halogenated alkanes) is 1. The standard InChI is InChI=1S/C36H36N2O6/c1-43-35(41)27-17-21-29(22-18-27)37-31(33(39)25-11-5-3-6-12-25)15-9-10-16-32(34(40)26-13-7-4-8-14-26)38-30-23-19-28(20-24-30)36(42)44-2/h3-8,11-14,17-24,31-32,37-38H,9-10,15-16H2,1-2H3/t31-,32+. The van der Waals surface area contributed by atoms with Crippen molar-refractivity contribution in [1.29, 1.82) is 0 Å². The number of hydrogen-bond acceptors (Lipinski definition) is 8. The summed E-state index contributed by atoms with van der Waals surface area (Å²) in [7, 11) is 2.66. The number of nitrogens with one attached hydrogen (secondary N) is 2. The SMILES string of the molecule is COC(=O)c1ccc(N[C@@H](CCCC[C@@H](Nc2ccc(C(=O)OC)cc2)C(=O)c2ccccc2)C(=O)c2ccccc2)cc1. The van der Waals surface area contributed by atoms with Crippen LogP contribution in [0.15, 0.2) is 109 Å². The number of anilines is 2. The highest BCUT2D eigenvalue weighted by atomic mass is 16.5. The summed E-state index contributed by atoms with van der Waals surface area (Å²) in [4.78, 5) is 50.7. The number of carbonyl (C=O) groups excluding carboxylic acids is 4.